The number of likely N-dealkylation sites (tertiary alicyclic amines) is 1. The SMILES string of the molecule is CCC1CN(C(=O)Cc2cccc(O)c2)CCC1NC. The van der Waals surface area contributed by atoms with Gasteiger partial charge in [-0.2, -0.15) is 0 Å². The van der Waals surface area contributed by atoms with Crippen LogP contribution < -0.4 is 5.32 Å². The van der Waals surface area contributed by atoms with Crippen molar-refractivity contribution in [1.82, 2.24) is 10.2 Å². The predicted octanol–water partition coefficient (Wildman–Crippen LogP) is 1.78. The van der Waals surface area contributed by atoms with E-state index in [9.17, 15) is 9.90 Å². The number of carbonyl (C=O) groups excluding carboxylic acids is 1. The van der Waals surface area contributed by atoms with E-state index in [1.54, 1.807) is 18.2 Å². The molecule has 1 aromatic carbocycles. The van der Waals surface area contributed by atoms with Crippen LogP contribution in [0.4, 0.5) is 0 Å². The average molecular weight is 276 g/mol. The Morgan fingerprint density at radius 2 is 2.30 bits per heavy atom. The number of nitrogens with one attached hydrogen (secondary N) is 1. The highest BCUT2D eigenvalue weighted by atomic mass is 16.3. The zero-order chi connectivity index (χ0) is 14.5. The molecule has 0 aliphatic carbocycles. The van der Waals surface area contributed by atoms with Crippen molar-refractivity contribution in [2.75, 3.05) is 20.1 Å². The summed E-state index contributed by atoms with van der Waals surface area (Å²) >= 11 is 0. The van der Waals surface area contributed by atoms with Gasteiger partial charge in [-0.1, -0.05) is 25.5 Å². The fourth-order valence-electron chi connectivity index (χ4n) is 3.01. The Labute approximate surface area is 120 Å². The quantitative estimate of drug-likeness (QED) is 0.881. The van der Waals surface area contributed by atoms with Gasteiger partial charge in [0.1, 0.15) is 5.75 Å². The summed E-state index contributed by atoms with van der Waals surface area (Å²) in [4.78, 5) is 14.3. The standard InChI is InChI=1S/C16H24N2O2/c1-3-13-11-18(8-7-15(13)17-2)16(20)10-12-5-4-6-14(19)9-12/h4-6,9,13,15,17,19H,3,7-8,10-11H2,1-2H3. The predicted molar refractivity (Wildman–Crippen MR) is 79.6 cm³/mol. The Kier molecular flexibility index (Phi) is 5.01. The van der Waals surface area contributed by atoms with Crippen molar-refractivity contribution in [1.29, 1.82) is 0 Å². The number of rotatable bonds is 4. The highest BCUT2D eigenvalue weighted by Crippen LogP contribution is 2.21. The van der Waals surface area contributed by atoms with Gasteiger partial charge in [-0.3, -0.25) is 4.79 Å². The molecule has 0 saturated carbocycles. The lowest BCUT2D eigenvalue weighted by Gasteiger charge is -2.38. The summed E-state index contributed by atoms with van der Waals surface area (Å²) in [6.07, 6.45) is 2.47. The van der Waals surface area contributed by atoms with Crippen LogP contribution >= 0.6 is 0 Å². The molecule has 2 unspecified atom stereocenters. The molecule has 1 heterocycles. The molecular formula is C16H24N2O2. The van der Waals surface area contributed by atoms with Crippen molar-refractivity contribution in [3.8, 4) is 5.75 Å². The molecule has 1 aromatic rings. The number of amides is 1. The zero-order valence-electron chi connectivity index (χ0n) is 12.3. The largest absolute Gasteiger partial charge is 0.508 e. The molecule has 4 nitrogen and oxygen atoms in total. The van der Waals surface area contributed by atoms with Gasteiger partial charge in [0.2, 0.25) is 5.91 Å². The summed E-state index contributed by atoms with van der Waals surface area (Å²) in [5.74, 6) is 0.904. The lowest BCUT2D eigenvalue weighted by Crippen LogP contribution is -2.50. The Balaban J connectivity index is 1.96. The van der Waals surface area contributed by atoms with E-state index < -0.39 is 0 Å². The molecule has 0 spiro atoms. The maximum Gasteiger partial charge on any atom is 0.227 e. The number of hydrogen-bond donors (Lipinski definition) is 2. The van der Waals surface area contributed by atoms with Crippen LogP contribution in [0.3, 0.4) is 0 Å². The molecule has 110 valence electrons. The van der Waals surface area contributed by atoms with E-state index in [0.29, 0.717) is 18.4 Å². The highest BCUT2D eigenvalue weighted by molar-refractivity contribution is 5.79. The summed E-state index contributed by atoms with van der Waals surface area (Å²) in [6.45, 7) is 3.83. The average Bonchev–Trinajstić information content (AvgIpc) is 2.46. The van der Waals surface area contributed by atoms with E-state index in [0.717, 1.165) is 31.5 Å². The van der Waals surface area contributed by atoms with Gasteiger partial charge >= 0.3 is 0 Å². The first kappa shape index (κ1) is 14.9. The third-order valence-corrected chi connectivity index (χ3v) is 4.25. The van der Waals surface area contributed by atoms with Crippen LogP contribution in [0.15, 0.2) is 24.3 Å². The summed E-state index contributed by atoms with van der Waals surface area (Å²) in [5, 5.41) is 12.8. The minimum Gasteiger partial charge on any atom is -0.508 e. The summed E-state index contributed by atoms with van der Waals surface area (Å²) in [6, 6.07) is 7.47. The van der Waals surface area contributed by atoms with Crippen molar-refractivity contribution in [2.45, 2.75) is 32.2 Å². The number of nitrogens with zero attached hydrogens (tertiary/aromatic N) is 1. The summed E-state index contributed by atoms with van der Waals surface area (Å²) in [7, 11) is 2.00. The molecule has 1 fully saturated rings. The zero-order valence-corrected chi connectivity index (χ0v) is 12.3. The van der Waals surface area contributed by atoms with Crippen molar-refractivity contribution in [3.63, 3.8) is 0 Å². The number of piperidine rings is 1. The Bertz CT molecular complexity index is 462. The second-order valence-corrected chi connectivity index (χ2v) is 5.54. The number of carbonyl (C=O) groups is 1. The molecule has 0 radical (unpaired) electrons. The Hall–Kier alpha value is -1.55. The molecular weight excluding hydrogens is 252 g/mol. The Morgan fingerprint density at radius 3 is 2.95 bits per heavy atom. The van der Waals surface area contributed by atoms with Crippen LogP contribution in [0.1, 0.15) is 25.3 Å². The normalized spacial score (nSPS) is 22.8. The van der Waals surface area contributed by atoms with E-state index in [4.69, 9.17) is 0 Å². The summed E-state index contributed by atoms with van der Waals surface area (Å²) < 4.78 is 0. The molecule has 1 amide bonds. The molecule has 0 aromatic heterocycles. The second kappa shape index (κ2) is 6.75. The van der Waals surface area contributed by atoms with Crippen molar-refractivity contribution < 1.29 is 9.90 Å². The molecule has 4 heteroatoms. The number of phenolic OH excluding ortho intramolecular Hbond substituents is 1. The molecule has 2 atom stereocenters. The Morgan fingerprint density at radius 1 is 1.50 bits per heavy atom. The van der Waals surface area contributed by atoms with E-state index in [2.05, 4.69) is 12.2 Å². The topological polar surface area (TPSA) is 52.6 Å². The van der Waals surface area contributed by atoms with Crippen LogP contribution in [-0.4, -0.2) is 42.1 Å². The van der Waals surface area contributed by atoms with Gasteiger partial charge in [-0.25, -0.2) is 0 Å². The lowest BCUT2D eigenvalue weighted by atomic mass is 9.90. The van der Waals surface area contributed by atoms with Gasteiger partial charge in [0.25, 0.3) is 0 Å². The molecule has 0 bridgehead atoms. The van der Waals surface area contributed by atoms with Crippen LogP contribution in [0.25, 0.3) is 0 Å². The maximum atomic E-state index is 12.4. The minimum absolute atomic E-state index is 0.156. The molecule has 2 rings (SSSR count). The third kappa shape index (κ3) is 3.51. The van der Waals surface area contributed by atoms with Gasteiger partial charge in [-0.05, 0) is 37.1 Å². The monoisotopic (exact) mass is 276 g/mol. The second-order valence-electron chi connectivity index (χ2n) is 5.54. The fraction of sp³-hybridized carbons (Fsp3) is 0.562. The molecule has 1 aliphatic heterocycles. The summed E-state index contributed by atoms with van der Waals surface area (Å²) in [5.41, 5.74) is 0.874. The van der Waals surface area contributed by atoms with Crippen LogP contribution in [0.5, 0.6) is 5.75 Å². The maximum absolute atomic E-state index is 12.4. The fourth-order valence-corrected chi connectivity index (χ4v) is 3.01. The smallest absolute Gasteiger partial charge is 0.227 e. The first-order chi connectivity index (χ1) is 9.63. The van der Waals surface area contributed by atoms with Crippen molar-refractivity contribution in [3.05, 3.63) is 29.8 Å². The van der Waals surface area contributed by atoms with E-state index in [1.165, 1.54) is 0 Å². The molecule has 1 saturated heterocycles. The van der Waals surface area contributed by atoms with Crippen molar-refractivity contribution in [2.24, 2.45) is 5.92 Å². The van der Waals surface area contributed by atoms with E-state index in [1.807, 2.05) is 18.0 Å². The van der Waals surface area contributed by atoms with E-state index >= 15 is 0 Å². The minimum atomic E-state index is 0.156. The third-order valence-electron chi connectivity index (χ3n) is 4.25. The van der Waals surface area contributed by atoms with Gasteiger partial charge in [0.05, 0.1) is 6.42 Å². The highest BCUT2D eigenvalue weighted by Gasteiger charge is 2.29. The molecule has 1 aliphatic rings. The van der Waals surface area contributed by atoms with Crippen LogP contribution in [-0.2, 0) is 11.2 Å². The number of hydrogen-bond acceptors (Lipinski definition) is 3. The van der Waals surface area contributed by atoms with Gasteiger partial charge in [-0.15, -0.1) is 0 Å². The molecule has 2 N–H and O–H groups in total. The lowest BCUT2D eigenvalue weighted by molar-refractivity contribution is -0.132. The van der Waals surface area contributed by atoms with Crippen LogP contribution in [0, 0.1) is 5.92 Å². The van der Waals surface area contributed by atoms with Gasteiger partial charge < -0.3 is 15.3 Å². The van der Waals surface area contributed by atoms with Crippen LogP contribution in [0.2, 0.25) is 0 Å². The first-order valence-electron chi connectivity index (χ1n) is 7.37. The van der Waals surface area contributed by atoms with Gasteiger partial charge in [0, 0.05) is 19.1 Å². The number of phenols is 1. The van der Waals surface area contributed by atoms with Gasteiger partial charge in [0.15, 0.2) is 0 Å². The first-order valence-corrected chi connectivity index (χ1v) is 7.37. The number of benzene rings is 1. The van der Waals surface area contributed by atoms with Crippen molar-refractivity contribution >= 4 is 5.91 Å². The number of aromatic hydroxyl groups is 1. The van der Waals surface area contributed by atoms with E-state index in [-0.39, 0.29) is 11.7 Å². The molecule has 20 heavy (non-hydrogen) atoms.